The number of carbonyl (C=O) groups is 3. The zero-order valence-electron chi connectivity index (χ0n) is 44.4. The van der Waals surface area contributed by atoms with Crippen molar-refractivity contribution in [2.75, 3.05) is 13.2 Å². The van der Waals surface area contributed by atoms with Gasteiger partial charge in [-0.2, -0.15) is 0 Å². The second kappa shape index (κ2) is 55.7. The quantitative estimate of drug-likeness (QED) is 0.0262. The van der Waals surface area contributed by atoms with Crippen molar-refractivity contribution in [1.82, 2.24) is 0 Å². The molecule has 1 atom stereocenters. The number of ether oxygens (including phenoxy) is 3. The third kappa shape index (κ3) is 53.9. The van der Waals surface area contributed by atoms with Crippen molar-refractivity contribution in [3.8, 4) is 0 Å². The van der Waals surface area contributed by atoms with Crippen molar-refractivity contribution in [1.29, 1.82) is 0 Å². The second-order valence-electron chi connectivity index (χ2n) is 19.2. The van der Waals surface area contributed by atoms with Crippen LogP contribution in [-0.2, 0) is 28.6 Å². The Balaban J connectivity index is 3.99. The van der Waals surface area contributed by atoms with E-state index in [-0.39, 0.29) is 31.1 Å². The molecule has 0 spiro atoms. The summed E-state index contributed by atoms with van der Waals surface area (Å²) in [7, 11) is 0. The summed E-state index contributed by atoms with van der Waals surface area (Å²) in [5, 5.41) is 0. The maximum Gasteiger partial charge on any atom is 0.306 e. The highest BCUT2D eigenvalue weighted by atomic mass is 16.6. The van der Waals surface area contributed by atoms with Crippen LogP contribution in [0.1, 0.15) is 290 Å². The van der Waals surface area contributed by atoms with Crippen LogP contribution in [-0.4, -0.2) is 37.2 Å². The normalized spacial score (nSPS) is 12.5. The molecule has 0 aliphatic carbocycles. The van der Waals surface area contributed by atoms with E-state index in [2.05, 4.69) is 81.5 Å². The summed E-state index contributed by atoms with van der Waals surface area (Å²) in [4.78, 5) is 37.7. The molecule has 388 valence electrons. The summed E-state index contributed by atoms with van der Waals surface area (Å²) in [5.41, 5.74) is 0. The Kier molecular flexibility index (Phi) is 53.3. The molecule has 6 heteroatoms. The van der Waals surface area contributed by atoms with Crippen LogP contribution in [0.3, 0.4) is 0 Å². The highest BCUT2D eigenvalue weighted by Crippen LogP contribution is 2.16. The van der Waals surface area contributed by atoms with E-state index in [1.165, 1.54) is 154 Å². The molecule has 6 nitrogen and oxygen atoms in total. The molecule has 0 aliphatic rings. The minimum atomic E-state index is -0.772. The number of carbonyl (C=O) groups excluding carboxylic acids is 3. The van der Waals surface area contributed by atoms with E-state index in [4.69, 9.17) is 14.2 Å². The predicted molar refractivity (Wildman–Crippen MR) is 288 cm³/mol. The van der Waals surface area contributed by atoms with Gasteiger partial charge in [0.25, 0.3) is 0 Å². The minimum Gasteiger partial charge on any atom is -0.462 e. The lowest BCUT2D eigenvalue weighted by atomic mass is 10.0. The molecule has 0 heterocycles. The first-order valence-corrected chi connectivity index (χ1v) is 28.8. The fourth-order valence-electron chi connectivity index (χ4n) is 8.19. The molecule has 0 aromatic carbocycles. The molecule has 0 aromatic rings. The van der Waals surface area contributed by atoms with Gasteiger partial charge in [0.15, 0.2) is 6.10 Å². The maximum atomic E-state index is 12.7. The van der Waals surface area contributed by atoms with Gasteiger partial charge in [-0.15, -0.1) is 0 Å². The molecular formula is C61H108O6. The Hall–Kier alpha value is -2.89. The van der Waals surface area contributed by atoms with Gasteiger partial charge in [-0.25, -0.2) is 0 Å². The lowest BCUT2D eigenvalue weighted by Crippen LogP contribution is -2.30. The average molecular weight is 938 g/mol. The van der Waals surface area contributed by atoms with Crippen LogP contribution in [0.5, 0.6) is 0 Å². The van der Waals surface area contributed by atoms with Gasteiger partial charge in [0.1, 0.15) is 13.2 Å². The number of allylic oxidation sites excluding steroid dienone is 10. The molecule has 0 N–H and O–H groups in total. The summed E-state index contributed by atoms with van der Waals surface area (Å²) in [6.07, 6.45) is 69.8. The van der Waals surface area contributed by atoms with E-state index in [1.54, 1.807) is 0 Å². The third-order valence-electron chi connectivity index (χ3n) is 12.5. The van der Waals surface area contributed by atoms with Crippen LogP contribution >= 0.6 is 0 Å². The van der Waals surface area contributed by atoms with Crippen LogP contribution in [0, 0.1) is 0 Å². The van der Waals surface area contributed by atoms with Gasteiger partial charge in [0.2, 0.25) is 0 Å². The van der Waals surface area contributed by atoms with E-state index in [0.29, 0.717) is 19.3 Å². The fourth-order valence-corrected chi connectivity index (χ4v) is 8.19. The standard InChI is InChI=1S/C61H108O6/c1-4-7-10-13-15-17-19-21-23-24-25-26-27-28-29-30-31-32-33-34-35-36-38-39-41-43-45-48-51-54-60(63)66-57-58(56-65-59(62)53-50-47-12-9-6-3)67-61(64)55-52-49-46-44-42-40-37-22-20-18-16-14-11-8-5-2/h7,10,15,17,21-23,25-26,37,58H,4-6,8-9,11-14,16,18-20,24,27-36,38-57H2,1-3H3/b10-7-,17-15-,23-21-,26-25-,37-22-. The molecule has 0 aromatic heterocycles. The first-order chi connectivity index (χ1) is 33.0. The van der Waals surface area contributed by atoms with E-state index in [1.807, 2.05) is 0 Å². The summed E-state index contributed by atoms with van der Waals surface area (Å²) in [6, 6.07) is 0. The SMILES string of the molecule is CC/C=C\C/C=C\C/C=C\C/C=C\CCCCCCCCCCCCCCCCCCC(=O)OCC(COC(=O)CCCCCCC)OC(=O)CCCCCCC/C=C\CCCCCCCC. The van der Waals surface area contributed by atoms with Crippen LogP contribution in [0.4, 0.5) is 0 Å². The van der Waals surface area contributed by atoms with Gasteiger partial charge in [-0.05, 0) is 83.5 Å². The Bertz CT molecular complexity index is 1210. The van der Waals surface area contributed by atoms with Crippen molar-refractivity contribution in [2.45, 2.75) is 297 Å². The Morgan fingerprint density at radius 1 is 0.313 bits per heavy atom. The molecule has 0 aliphatic heterocycles. The van der Waals surface area contributed by atoms with Gasteiger partial charge in [0, 0.05) is 19.3 Å². The monoisotopic (exact) mass is 937 g/mol. The first kappa shape index (κ1) is 64.1. The second-order valence-corrected chi connectivity index (χ2v) is 19.2. The van der Waals surface area contributed by atoms with Crippen molar-refractivity contribution in [2.24, 2.45) is 0 Å². The fraction of sp³-hybridized carbons (Fsp3) is 0.787. The van der Waals surface area contributed by atoms with Crippen molar-refractivity contribution in [3.63, 3.8) is 0 Å². The number of rotatable bonds is 52. The molecule has 0 saturated carbocycles. The summed E-state index contributed by atoms with van der Waals surface area (Å²) >= 11 is 0. The summed E-state index contributed by atoms with van der Waals surface area (Å²) in [5.74, 6) is -0.888. The smallest absolute Gasteiger partial charge is 0.306 e. The van der Waals surface area contributed by atoms with E-state index in [9.17, 15) is 14.4 Å². The van der Waals surface area contributed by atoms with E-state index < -0.39 is 6.10 Å². The molecule has 0 rings (SSSR count). The largest absolute Gasteiger partial charge is 0.462 e. The van der Waals surface area contributed by atoms with Gasteiger partial charge in [-0.1, -0.05) is 248 Å². The highest BCUT2D eigenvalue weighted by molar-refractivity contribution is 5.71. The number of hydrogen-bond donors (Lipinski definition) is 0. The maximum absolute atomic E-state index is 12.7. The van der Waals surface area contributed by atoms with Crippen molar-refractivity contribution in [3.05, 3.63) is 60.8 Å². The Morgan fingerprint density at radius 2 is 0.582 bits per heavy atom. The Labute approximate surface area is 415 Å². The zero-order valence-corrected chi connectivity index (χ0v) is 44.4. The number of unbranched alkanes of at least 4 members (excludes halogenated alkanes) is 31. The zero-order chi connectivity index (χ0) is 48.6. The van der Waals surface area contributed by atoms with Crippen molar-refractivity contribution >= 4 is 17.9 Å². The lowest BCUT2D eigenvalue weighted by molar-refractivity contribution is -0.167. The van der Waals surface area contributed by atoms with Crippen LogP contribution in [0.25, 0.3) is 0 Å². The van der Waals surface area contributed by atoms with Gasteiger partial charge >= 0.3 is 17.9 Å². The molecule has 1 unspecified atom stereocenters. The predicted octanol–water partition coefficient (Wildman–Crippen LogP) is 19.2. The molecule has 67 heavy (non-hydrogen) atoms. The van der Waals surface area contributed by atoms with Crippen LogP contribution in [0.15, 0.2) is 60.8 Å². The van der Waals surface area contributed by atoms with Crippen LogP contribution < -0.4 is 0 Å². The average Bonchev–Trinajstić information content (AvgIpc) is 3.33. The van der Waals surface area contributed by atoms with Crippen LogP contribution in [0.2, 0.25) is 0 Å². The van der Waals surface area contributed by atoms with Gasteiger partial charge < -0.3 is 14.2 Å². The number of esters is 3. The minimum absolute atomic E-state index is 0.0749. The molecular weight excluding hydrogens is 829 g/mol. The van der Waals surface area contributed by atoms with Gasteiger partial charge in [0.05, 0.1) is 0 Å². The summed E-state index contributed by atoms with van der Waals surface area (Å²) in [6.45, 7) is 6.45. The lowest BCUT2D eigenvalue weighted by Gasteiger charge is -2.18. The van der Waals surface area contributed by atoms with E-state index >= 15 is 0 Å². The topological polar surface area (TPSA) is 78.9 Å². The van der Waals surface area contributed by atoms with Crippen molar-refractivity contribution < 1.29 is 28.6 Å². The highest BCUT2D eigenvalue weighted by Gasteiger charge is 2.19. The molecule has 0 fully saturated rings. The molecule has 0 saturated heterocycles. The third-order valence-corrected chi connectivity index (χ3v) is 12.5. The molecule has 0 amide bonds. The molecule has 0 bridgehead atoms. The Morgan fingerprint density at radius 3 is 0.925 bits per heavy atom. The first-order valence-electron chi connectivity index (χ1n) is 28.8. The van der Waals surface area contributed by atoms with Gasteiger partial charge in [-0.3, -0.25) is 14.4 Å². The molecule has 0 radical (unpaired) electrons. The number of hydrogen-bond acceptors (Lipinski definition) is 6. The summed E-state index contributed by atoms with van der Waals surface area (Å²) < 4.78 is 16.7. The van der Waals surface area contributed by atoms with E-state index in [0.717, 1.165) is 96.3 Å².